The molecule has 0 bridgehead atoms. The zero-order valence-corrected chi connectivity index (χ0v) is 12.8. The van der Waals surface area contributed by atoms with Gasteiger partial charge in [-0.2, -0.15) is 5.10 Å². The Kier molecular flexibility index (Phi) is 4.06. The Labute approximate surface area is 129 Å². The second kappa shape index (κ2) is 6.15. The van der Waals surface area contributed by atoms with Crippen molar-refractivity contribution in [1.82, 2.24) is 25.8 Å². The first-order chi connectivity index (χ1) is 10.7. The van der Waals surface area contributed by atoms with Crippen LogP contribution in [0.5, 0.6) is 0 Å². The molecule has 7 nitrogen and oxygen atoms in total. The number of aromatic amines is 1. The molecule has 1 aliphatic rings. The molecule has 0 atom stereocenters. The van der Waals surface area contributed by atoms with Crippen LogP contribution in [0, 0.1) is 0 Å². The van der Waals surface area contributed by atoms with Gasteiger partial charge in [-0.15, -0.1) is 0 Å². The van der Waals surface area contributed by atoms with Crippen molar-refractivity contribution in [2.24, 2.45) is 0 Å². The fraction of sp³-hybridized carbons (Fsp3) is 0.400. The highest BCUT2D eigenvalue weighted by Crippen LogP contribution is 2.17. The average molecular weight is 300 g/mol. The number of aromatic nitrogens is 3. The van der Waals surface area contributed by atoms with Crippen LogP contribution in [0.4, 0.5) is 5.82 Å². The van der Waals surface area contributed by atoms with Gasteiger partial charge < -0.3 is 15.5 Å². The molecule has 3 N–H and O–H groups in total. The minimum absolute atomic E-state index is 0.158. The van der Waals surface area contributed by atoms with Crippen molar-refractivity contribution in [1.29, 1.82) is 0 Å². The Hall–Kier alpha value is -2.41. The predicted octanol–water partition coefficient (Wildman–Crippen LogP) is 0.446. The Bertz CT molecular complexity index is 678. The molecule has 0 spiro atoms. The molecule has 2 aromatic heterocycles. The predicted molar refractivity (Wildman–Crippen MR) is 83.7 cm³/mol. The van der Waals surface area contributed by atoms with Crippen LogP contribution >= 0.6 is 0 Å². The molecule has 0 aromatic carbocycles. The molecule has 0 radical (unpaired) electrons. The zero-order valence-electron chi connectivity index (χ0n) is 12.8. The van der Waals surface area contributed by atoms with Crippen molar-refractivity contribution in [3.63, 3.8) is 0 Å². The molecule has 0 fully saturated rings. The van der Waals surface area contributed by atoms with E-state index >= 15 is 0 Å². The number of H-pyrrole nitrogens is 1. The van der Waals surface area contributed by atoms with Crippen LogP contribution in [-0.4, -0.2) is 41.7 Å². The van der Waals surface area contributed by atoms with Gasteiger partial charge in [-0.25, -0.2) is 4.98 Å². The topological polar surface area (TPSA) is 85.9 Å². The minimum Gasteiger partial charge on any atom is -0.362 e. The first-order valence-corrected chi connectivity index (χ1v) is 7.33. The number of pyridine rings is 1. The van der Waals surface area contributed by atoms with Crippen LogP contribution in [0.2, 0.25) is 0 Å². The summed E-state index contributed by atoms with van der Waals surface area (Å²) < 4.78 is 0. The number of anilines is 1. The number of hydrogen-bond acceptors (Lipinski definition) is 5. The Morgan fingerprint density at radius 2 is 2.32 bits per heavy atom. The maximum absolute atomic E-state index is 12.4. The van der Waals surface area contributed by atoms with Crippen LogP contribution in [-0.2, 0) is 19.5 Å². The minimum atomic E-state index is -0.158. The molecule has 0 saturated carbocycles. The number of nitrogens with one attached hydrogen (secondary N) is 3. The van der Waals surface area contributed by atoms with Crippen LogP contribution in [0.3, 0.4) is 0 Å². The molecule has 0 saturated heterocycles. The molecule has 7 heteroatoms. The van der Waals surface area contributed by atoms with Gasteiger partial charge in [0.25, 0.3) is 5.91 Å². The highest BCUT2D eigenvalue weighted by atomic mass is 16.1. The summed E-state index contributed by atoms with van der Waals surface area (Å²) in [6, 6.07) is 3.83. The van der Waals surface area contributed by atoms with Gasteiger partial charge >= 0.3 is 0 Å². The largest absolute Gasteiger partial charge is 0.362 e. The quantitative estimate of drug-likeness (QED) is 0.763. The zero-order chi connectivity index (χ0) is 15.5. The van der Waals surface area contributed by atoms with E-state index in [-0.39, 0.29) is 5.91 Å². The van der Waals surface area contributed by atoms with Gasteiger partial charge in [0, 0.05) is 63.2 Å². The molecule has 1 amide bonds. The van der Waals surface area contributed by atoms with Crippen LogP contribution in [0.1, 0.15) is 27.3 Å². The van der Waals surface area contributed by atoms with E-state index in [0.717, 1.165) is 35.6 Å². The van der Waals surface area contributed by atoms with E-state index in [9.17, 15) is 4.79 Å². The van der Waals surface area contributed by atoms with Crippen molar-refractivity contribution in [3.8, 4) is 0 Å². The summed E-state index contributed by atoms with van der Waals surface area (Å²) >= 11 is 0. The Morgan fingerprint density at radius 1 is 1.45 bits per heavy atom. The Morgan fingerprint density at radius 3 is 3.14 bits per heavy atom. The smallest absolute Gasteiger partial charge is 0.272 e. The first kappa shape index (κ1) is 14.5. The average Bonchev–Trinajstić information content (AvgIpc) is 2.97. The van der Waals surface area contributed by atoms with Gasteiger partial charge in [0.15, 0.2) is 5.69 Å². The molecule has 3 heterocycles. The summed E-state index contributed by atoms with van der Waals surface area (Å²) in [6.45, 7) is 2.03. The van der Waals surface area contributed by atoms with Crippen LogP contribution in [0.25, 0.3) is 0 Å². The molecular formula is C15H20N6O. The van der Waals surface area contributed by atoms with E-state index in [4.69, 9.17) is 0 Å². The van der Waals surface area contributed by atoms with Gasteiger partial charge in [-0.05, 0) is 6.07 Å². The van der Waals surface area contributed by atoms with Crippen LogP contribution in [0.15, 0.2) is 18.3 Å². The lowest BCUT2D eigenvalue weighted by atomic mass is 10.1. The summed E-state index contributed by atoms with van der Waals surface area (Å²) in [6.07, 6.45) is 2.62. The maximum atomic E-state index is 12.4. The van der Waals surface area contributed by atoms with Gasteiger partial charge in [0.05, 0.1) is 0 Å². The summed E-state index contributed by atoms with van der Waals surface area (Å²) in [7, 11) is 3.87. The number of nitrogens with zero attached hydrogens (tertiary/aromatic N) is 3. The fourth-order valence-electron chi connectivity index (χ4n) is 2.64. The van der Waals surface area contributed by atoms with E-state index in [0.29, 0.717) is 18.8 Å². The van der Waals surface area contributed by atoms with Gasteiger partial charge in [0.1, 0.15) is 5.82 Å². The van der Waals surface area contributed by atoms with Crippen molar-refractivity contribution in [3.05, 3.63) is 40.8 Å². The Balaban J connectivity index is 1.72. The SMILES string of the molecule is CN(C)c1ncccc1CNC(=O)c1n[nH]c2c1CNCC2. The molecule has 2 aromatic rings. The van der Waals surface area contributed by atoms with Gasteiger partial charge in [-0.1, -0.05) is 6.07 Å². The van der Waals surface area contributed by atoms with E-state index < -0.39 is 0 Å². The monoisotopic (exact) mass is 300 g/mol. The van der Waals surface area contributed by atoms with E-state index in [1.54, 1.807) is 6.20 Å². The maximum Gasteiger partial charge on any atom is 0.272 e. The number of carbonyl (C=O) groups is 1. The number of hydrogen-bond donors (Lipinski definition) is 3. The normalized spacial score (nSPS) is 13.5. The summed E-state index contributed by atoms with van der Waals surface area (Å²) in [5.41, 5.74) is 3.49. The lowest BCUT2D eigenvalue weighted by molar-refractivity contribution is 0.0944. The highest BCUT2D eigenvalue weighted by molar-refractivity contribution is 5.94. The lowest BCUT2D eigenvalue weighted by Crippen LogP contribution is -2.28. The molecular weight excluding hydrogens is 280 g/mol. The molecule has 22 heavy (non-hydrogen) atoms. The summed E-state index contributed by atoms with van der Waals surface area (Å²) in [5.74, 6) is 0.697. The third-order valence-electron chi connectivity index (χ3n) is 3.75. The van der Waals surface area contributed by atoms with E-state index in [2.05, 4.69) is 25.8 Å². The lowest BCUT2D eigenvalue weighted by Gasteiger charge is -2.16. The first-order valence-electron chi connectivity index (χ1n) is 7.33. The number of rotatable bonds is 4. The number of amides is 1. The fourth-order valence-corrected chi connectivity index (χ4v) is 2.64. The van der Waals surface area contributed by atoms with E-state index in [1.807, 2.05) is 31.1 Å². The van der Waals surface area contributed by atoms with Crippen molar-refractivity contribution in [2.45, 2.75) is 19.5 Å². The van der Waals surface area contributed by atoms with Gasteiger partial charge in [0.2, 0.25) is 0 Å². The molecule has 0 unspecified atom stereocenters. The highest BCUT2D eigenvalue weighted by Gasteiger charge is 2.21. The standard InChI is InChI=1S/C15H20N6O/c1-21(2)14-10(4-3-6-17-14)8-18-15(22)13-11-9-16-7-5-12(11)19-20-13/h3-4,6,16H,5,7-9H2,1-2H3,(H,18,22)(H,19,20). The third kappa shape index (κ3) is 2.80. The second-order valence-electron chi connectivity index (χ2n) is 5.52. The van der Waals surface area contributed by atoms with Crippen molar-refractivity contribution < 1.29 is 4.79 Å². The molecule has 116 valence electrons. The molecule has 3 rings (SSSR count). The number of carbonyl (C=O) groups excluding carboxylic acids is 1. The summed E-state index contributed by atoms with van der Waals surface area (Å²) in [4.78, 5) is 18.6. The van der Waals surface area contributed by atoms with Crippen molar-refractivity contribution in [2.75, 3.05) is 25.5 Å². The third-order valence-corrected chi connectivity index (χ3v) is 3.75. The molecule has 0 aliphatic carbocycles. The van der Waals surface area contributed by atoms with Gasteiger partial charge in [-0.3, -0.25) is 9.89 Å². The molecule has 1 aliphatic heterocycles. The van der Waals surface area contributed by atoms with E-state index in [1.165, 1.54) is 0 Å². The number of fused-ring (bicyclic) bond motifs is 1. The van der Waals surface area contributed by atoms with Crippen molar-refractivity contribution >= 4 is 11.7 Å². The summed E-state index contributed by atoms with van der Waals surface area (Å²) in [5, 5.41) is 13.3. The van der Waals surface area contributed by atoms with Crippen LogP contribution < -0.4 is 15.5 Å². The second-order valence-corrected chi connectivity index (χ2v) is 5.52.